The summed E-state index contributed by atoms with van der Waals surface area (Å²) in [6, 6.07) is 17.2. The Kier molecular flexibility index (Phi) is 9.54. The molecule has 0 unspecified atom stereocenters. The second kappa shape index (κ2) is 12.6. The van der Waals surface area contributed by atoms with Crippen LogP contribution in [0.3, 0.4) is 0 Å². The smallest absolute Gasteiger partial charge is 0.326 e. The second-order valence-corrected chi connectivity index (χ2v) is 6.16. The molecule has 2 amide bonds. The number of anilines is 1. The van der Waals surface area contributed by atoms with Crippen LogP contribution in [0.15, 0.2) is 60.7 Å². The summed E-state index contributed by atoms with van der Waals surface area (Å²) in [6.45, 7) is 0.238. The van der Waals surface area contributed by atoms with Gasteiger partial charge in [0.25, 0.3) is 11.8 Å². The van der Waals surface area contributed by atoms with E-state index in [2.05, 4.69) is 5.32 Å². The standard InChI is InChI=1S/C22H24N2O7/c1-2-29-22(28)14-24(17-9-5-3-6-10-17)20(26)16-31-21(27)13-23-19(25)15-30-18-11-7-4-8-12-18/h3-12H,2,13-16H2,1H3,(H,23,25). The lowest BCUT2D eigenvalue weighted by Gasteiger charge is -2.21. The summed E-state index contributed by atoms with van der Waals surface area (Å²) in [5, 5.41) is 2.35. The highest BCUT2D eigenvalue weighted by atomic mass is 16.5. The number of hydrogen-bond acceptors (Lipinski definition) is 7. The van der Waals surface area contributed by atoms with Crippen molar-refractivity contribution in [1.82, 2.24) is 5.32 Å². The first-order valence-electron chi connectivity index (χ1n) is 9.60. The summed E-state index contributed by atoms with van der Waals surface area (Å²) in [6.07, 6.45) is 0. The van der Waals surface area contributed by atoms with Gasteiger partial charge >= 0.3 is 11.9 Å². The topological polar surface area (TPSA) is 111 Å². The maximum atomic E-state index is 12.5. The molecule has 9 nitrogen and oxygen atoms in total. The Labute approximate surface area is 179 Å². The van der Waals surface area contributed by atoms with E-state index >= 15 is 0 Å². The number of esters is 2. The van der Waals surface area contributed by atoms with Crippen LogP contribution in [-0.2, 0) is 28.7 Å². The SMILES string of the molecule is CCOC(=O)CN(C(=O)COC(=O)CNC(=O)COc1ccccc1)c1ccccc1. The predicted octanol–water partition coefficient (Wildman–Crippen LogP) is 1.32. The molecule has 2 rings (SSSR count). The zero-order chi connectivity index (χ0) is 22.5. The van der Waals surface area contributed by atoms with E-state index in [4.69, 9.17) is 14.2 Å². The third kappa shape index (κ3) is 8.57. The molecule has 31 heavy (non-hydrogen) atoms. The van der Waals surface area contributed by atoms with E-state index in [-0.39, 0.29) is 19.8 Å². The molecule has 1 N–H and O–H groups in total. The van der Waals surface area contributed by atoms with Crippen molar-refractivity contribution in [3.8, 4) is 5.75 Å². The van der Waals surface area contributed by atoms with Gasteiger partial charge in [0.05, 0.1) is 6.61 Å². The average molecular weight is 428 g/mol. The summed E-state index contributed by atoms with van der Waals surface area (Å²) >= 11 is 0. The first-order valence-corrected chi connectivity index (χ1v) is 9.60. The largest absolute Gasteiger partial charge is 0.484 e. The van der Waals surface area contributed by atoms with Gasteiger partial charge in [-0.3, -0.25) is 24.1 Å². The van der Waals surface area contributed by atoms with Gasteiger partial charge in [0.15, 0.2) is 13.2 Å². The zero-order valence-corrected chi connectivity index (χ0v) is 17.1. The number of carbonyl (C=O) groups is 4. The van der Waals surface area contributed by atoms with Crippen LogP contribution in [-0.4, -0.2) is 56.7 Å². The Bertz CT molecular complexity index is 872. The van der Waals surface area contributed by atoms with Crippen molar-refractivity contribution >= 4 is 29.4 Å². The van der Waals surface area contributed by atoms with Crippen LogP contribution in [0.1, 0.15) is 6.92 Å². The molecule has 0 aliphatic rings. The van der Waals surface area contributed by atoms with Crippen molar-refractivity contribution in [1.29, 1.82) is 0 Å². The first-order chi connectivity index (χ1) is 15.0. The molecule has 0 fully saturated rings. The fraction of sp³-hybridized carbons (Fsp3) is 0.273. The summed E-state index contributed by atoms with van der Waals surface area (Å²) in [5.41, 5.74) is 0.461. The molecular formula is C22H24N2O7. The van der Waals surface area contributed by atoms with Gasteiger partial charge in [0.2, 0.25) is 0 Å². The zero-order valence-electron chi connectivity index (χ0n) is 17.1. The minimum Gasteiger partial charge on any atom is -0.484 e. The highest BCUT2D eigenvalue weighted by Gasteiger charge is 2.21. The molecule has 164 valence electrons. The number of ether oxygens (including phenoxy) is 3. The Morgan fingerprint density at radius 1 is 0.839 bits per heavy atom. The molecule has 2 aromatic rings. The highest BCUT2D eigenvalue weighted by molar-refractivity contribution is 5.99. The third-order valence-corrected chi connectivity index (χ3v) is 3.86. The van der Waals surface area contributed by atoms with Crippen LogP contribution in [0, 0.1) is 0 Å². The van der Waals surface area contributed by atoms with Gasteiger partial charge < -0.3 is 19.5 Å². The van der Waals surface area contributed by atoms with E-state index in [1.54, 1.807) is 61.5 Å². The van der Waals surface area contributed by atoms with Crippen LogP contribution in [0.4, 0.5) is 5.69 Å². The van der Waals surface area contributed by atoms with Gasteiger partial charge in [-0.2, -0.15) is 0 Å². The number of hydrogen-bond donors (Lipinski definition) is 1. The Hall–Kier alpha value is -3.88. The number of para-hydroxylation sites is 2. The molecule has 0 spiro atoms. The van der Waals surface area contributed by atoms with E-state index in [1.165, 1.54) is 0 Å². The van der Waals surface area contributed by atoms with Crippen molar-refractivity contribution < 1.29 is 33.4 Å². The predicted molar refractivity (Wildman–Crippen MR) is 111 cm³/mol. The molecule has 0 radical (unpaired) electrons. The molecule has 0 heterocycles. The molecule has 9 heteroatoms. The fourth-order valence-electron chi connectivity index (χ4n) is 2.43. The minimum absolute atomic E-state index is 0.179. The van der Waals surface area contributed by atoms with Crippen molar-refractivity contribution in [3.05, 3.63) is 60.7 Å². The number of nitrogens with one attached hydrogen (secondary N) is 1. The van der Waals surface area contributed by atoms with Gasteiger partial charge in [-0.15, -0.1) is 0 Å². The van der Waals surface area contributed by atoms with Crippen molar-refractivity contribution in [2.75, 3.05) is 37.8 Å². The van der Waals surface area contributed by atoms with Crippen LogP contribution in [0.5, 0.6) is 5.75 Å². The molecule has 0 aliphatic carbocycles. The number of amides is 2. The lowest BCUT2D eigenvalue weighted by Crippen LogP contribution is -2.40. The molecule has 0 bridgehead atoms. The lowest BCUT2D eigenvalue weighted by atomic mass is 10.3. The lowest BCUT2D eigenvalue weighted by molar-refractivity contribution is -0.148. The summed E-state index contributed by atoms with van der Waals surface area (Å²) in [7, 11) is 0. The quantitative estimate of drug-likeness (QED) is 0.537. The van der Waals surface area contributed by atoms with Gasteiger partial charge in [0, 0.05) is 5.69 Å². The van der Waals surface area contributed by atoms with Crippen LogP contribution >= 0.6 is 0 Å². The van der Waals surface area contributed by atoms with Gasteiger partial charge in [-0.1, -0.05) is 36.4 Å². The molecule has 0 saturated heterocycles. The van der Waals surface area contributed by atoms with Gasteiger partial charge in [-0.25, -0.2) is 0 Å². The summed E-state index contributed by atoms with van der Waals surface area (Å²) in [5.74, 6) is -1.98. The molecule has 0 aromatic heterocycles. The number of nitrogens with zero attached hydrogens (tertiary/aromatic N) is 1. The van der Waals surface area contributed by atoms with Crippen LogP contribution < -0.4 is 15.0 Å². The maximum Gasteiger partial charge on any atom is 0.326 e. The van der Waals surface area contributed by atoms with Crippen molar-refractivity contribution in [3.63, 3.8) is 0 Å². The molecular weight excluding hydrogens is 404 g/mol. The van der Waals surface area contributed by atoms with Gasteiger partial charge in [0.1, 0.15) is 18.8 Å². The normalized spacial score (nSPS) is 9.97. The molecule has 2 aromatic carbocycles. The van der Waals surface area contributed by atoms with Crippen molar-refractivity contribution in [2.45, 2.75) is 6.92 Å². The Morgan fingerprint density at radius 3 is 2.13 bits per heavy atom. The summed E-state index contributed by atoms with van der Waals surface area (Å²) < 4.78 is 15.1. The van der Waals surface area contributed by atoms with Crippen molar-refractivity contribution in [2.24, 2.45) is 0 Å². The number of rotatable bonds is 11. The molecule has 0 atom stereocenters. The second-order valence-electron chi connectivity index (χ2n) is 6.16. The van der Waals surface area contributed by atoms with Crippen LogP contribution in [0.2, 0.25) is 0 Å². The third-order valence-electron chi connectivity index (χ3n) is 3.86. The minimum atomic E-state index is -0.800. The average Bonchev–Trinajstić information content (AvgIpc) is 2.79. The fourth-order valence-corrected chi connectivity index (χ4v) is 2.43. The van der Waals surface area contributed by atoms with Gasteiger partial charge in [-0.05, 0) is 31.2 Å². The Morgan fingerprint density at radius 2 is 1.48 bits per heavy atom. The van der Waals surface area contributed by atoms with E-state index in [0.29, 0.717) is 11.4 Å². The number of benzene rings is 2. The van der Waals surface area contributed by atoms with E-state index in [9.17, 15) is 19.2 Å². The first kappa shape index (κ1) is 23.4. The monoisotopic (exact) mass is 428 g/mol. The van der Waals surface area contributed by atoms with E-state index in [1.807, 2.05) is 6.07 Å². The Balaban J connectivity index is 1.79. The highest BCUT2D eigenvalue weighted by Crippen LogP contribution is 2.13. The van der Waals surface area contributed by atoms with E-state index < -0.39 is 36.9 Å². The maximum absolute atomic E-state index is 12.5. The summed E-state index contributed by atoms with van der Waals surface area (Å²) in [4.78, 5) is 49.1. The molecule has 0 saturated carbocycles. The number of carbonyl (C=O) groups excluding carboxylic acids is 4. The van der Waals surface area contributed by atoms with E-state index in [0.717, 1.165) is 4.90 Å². The molecule has 0 aliphatic heterocycles. The van der Waals surface area contributed by atoms with Crippen LogP contribution in [0.25, 0.3) is 0 Å².